The summed E-state index contributed by atoms with van der Waals surface area (Å²) in [6.07, 6.45) is 4.77. The number of nitrogens with zero attached hydrogens (tertiary/aromatic N) is 2. The molecule has 0 amide bonds. The van der Waals surface area contributed by atoms with Crippen LogP contribution >= 0.6 is 15.9 Å². The van der Waals surface area contributed by atoms with E-state index in [-0.39, 0.29) is 0 Å². The van der Waals surface area contributed by atoms with E-state index >= 15 is 0 Å². The van der Waals surface area contributed by atoms with Crippen molar-refractivity contribution >= 4 is 21.9 Å². The van der Waals surface area contributed by atoms with Crippen molar-refractivity contribution in [2.45, 2.75) is 27.2 Å². The molecule has 0 saturated heterocycles. The summed E-state index contributed by atoms with van der Waals surface area (Å²) in [5.41, 5.74) is 3.57. The van der Waals surface area contributed by atoms with Crippen LogP contribution in [-0.4, -0.2) is 29.3 Å². The first-order valence-corrected chi connectivity index (χ1v) is 8.05. The maximum Gasteiger partial charge on any atom is 0.207 e. The highest BCUT2D eigenvalue weighted by Crippen LogP contribution is 2.25. The lowest BCUT2D eigenvalue weighted by Gasteiger charge is -2.12. The fourth-order valence-electron chi connectivity index (χ4n) is 2.22. The number of aryl methyl sites for hydroxylation is 2. The lowest BCUT2D eigenvalue weighted by Crippen LogP contribution is -2.10. The smallest absolute Gasteiger partial charge is 0.207 e. The quantitative estimate of drug-likeness (QED) is 0.763. The Balaban J connectivity index is 2.09. The number of anilines is 1. The maximum atomic E-state index is 5.34. The molecular formula is C16H22BrN3O. The van der Waals surface area contributed by atoms with Crippen LogP contribution in [0.3, 0.4) is 0 Å². The van der Waals surface area contributed by atoms with Gasteiger partial charge >= 0.3 is 0 Å². The molecule has 0 aliphatic rings. The zero-order valence-corrected chi connectivity index (χ0v) is 14.4. The number of aromatic nitrogens is 2. The summed E-state index contributed by atoms with van der Waals surface area (Å²) in [6.45, 7) is 8.62. The maximum absolute atomic E-state index is 5.34. The summed E-state index contributed by atoms with van der Waals surface area (Å²) in [5, 5.41) is 3.36. The molecule has 0 bridgehead atoms. The lowest BCUT2D eigenvalue weighted by molar-refractivity contribution is 0.147. The minimum absolute atomic E-state index is 0.770. The van der Waals surface area contributed by atoms with E-state index < -0.39 is 0 Å². The molecule has 1 aromatic carbocycles. The molecule has 0 fully saturated rings. The van der Waals surface area contributed by atoms with Crippen molar-refractivity contribution in [3.8, 4) is 5.69 Å². The largest absolute Gasteiger partial charge is 0.382 e. The molecule has 5 heteroatoms. The standard InChI is InChI=1S/C16H22BrN3O/c1-4-21-9-5-6-18-16-19-7-8-20(16)14-10-12(2)15(17)13(3)11-14/h7-8,10-11H,4-6,9H2,1-3H3,(H,18,19). The Morgan fingerprint density at radius 1 is 1.29 bits per heavy atom. The van der Waals surface area contributed by atoms with Gasteiger partial charge in [0.15, 0.2) is 0 Å². The normalized spacial score (nSPS) is 10.9. The van der Waals surface area contributed by atoms with Crippen LogP contribution in [0.5, 0.6) is 0 Å². The Kier molecular flexibility index (Phi) is 5.82. The van der Waals surface area contributed by atoms with E-state index in [0.717, 1.165) is 42.3 Å². The Labute approximate surface area is 134 Å². The van der Waals surface area contributed by atoms with E-state index in [0.29, 0.717) is 0 Å². The highest BCUT2D eigenvalue weighted by atomic mass is 79.9. The lowest BCUT2D eigenvalue weighted by atomic mass is 10.1. The average Bonchev–Trinajstić information content (AvgIpc) is 2.92. The van der Waals surface area contributed by atoms with Gasteiger partial charge in [-0.15, -0.1) is 0 Å². The number of ether oxygens (including phenoxy) is 1. The molecule has 0 radical (unpaired) electrons. The van der Waals surface area contributed by atoms with Crippen LogP contribution in [0.15, 0.2) is 29.0 Å². The molecule has 1 aromatic heterocycles. The first-order chi connectivity index (χ1) is 10.1. The zero-order chi connectivity index (χ0) is 15.2. The minimum atomic E-state index is 0.770. The van der Waals surface area contributed by atoms with Gasteiger partial charge in [0, 0.05) is 42.3 Å². The van der Waals surface area contributed by atoms with E-state index in [4.69, 9.17) is 4.74 Å². The summed E-state index contributed by atoms with van der Waals surface area (Å²) in [4.78, 5) is 4.39. The molecule has 114 valence electrons. The summed E-state index contributed by atoms with van der Waals surface area (Å²) >= 11 is 3.61. The Morgan fingerprint density at radius 2 is 2.00 bits per heavy atom. The zero-order valence-electron chi connectivity index (χ0n) is 12.8. The van der Waals surface area contributed by atoms with Crippen LogP contribution in [0.4, 0.5) is 5.95 Å². The van der Waals surface area contributed by atoms with Gasteiger partial charge in [0.2, 0.25) is 5.95 Å². The van der Waals surface area contributed by atoms with Crippen molar-refractivity contribution in [1.82, 2.24) is 9.55 Å². The molecule has 0 aliphatic heterocycles. The molecule has 1 heterocycles. The summed E-state index contributed by atoms with van der Waals surface area (Å²) in [7, 11) is 0. The van der Waals surface area contributed by atoms with Gasteiger partial charge in [0.1, 0.15) is 0 Å². The van der Waals surface area contributed by atoms with Gasteiger partial charge in [0.05, 0.1) is 0 Å². The van der Waals surface area contributed by atoms with E-state index in [1.165, 1.54) is 11.1 Å². The minimum Gasteiger partial charge on any atom is -0.382 e. The fraction of sp³-hybridized carbons (Fsp3) is 0.438. The van der Waals surface area contributed by atoms with E-state index in [1.54, 1.807) is 0 Å². The van der Waals surface area contributed by atoms with Gasteiger partial charge in [-0.05, 0) is 50.5 Å². The predicted molar refractivity (Wildman–Crippen MR) is 90.3 cm³/mol. The summed E-state index contributed by atoms with van der Waals surface area (Å²) in [5.74, 6) is 0.868. The number of hydrogen-bond donors (Lipinski definition) is 1. The molecule has 0 saturated carbocycles. The molecule has 4 nitrogen and oxygen atoms in total. The van der Waals surface area contributed by atoms with Gasteiger partial charge in [-0.25, -0.2) is 4.98 Å². The Bertz CT molecular complexity index is 572. The van der Waals surface area contributed by atoms with Crippen molar-refractivity contribution in [3.05, 3.63) is 40.1 Å². The van der Waals surface area contributed by atoms with Crippen LogP contribution < -0.4 is 5.32 Å². The number of nitrogens with one attached hydrogen (secondary N) is 1. The van der Waals surface area contributed by atoms with Gasteiger partial charge < -0.3 is 10.1 Å². The van der Waals surface area contributed by atoms with Crippen LogP contribution in [0, 0.1) is 13.8 Å². The molecule has 2 rings (SSSR count). The van der Waals surface area contributed by atoms with Crippen molar-refractivity contribution in [3.63, 3.8) is 0 Å². The van der Waals surface area contributed by atoms with Gasteiger partial charge in [-0.3, -0.25) is 4.57 Å². The number of hydrogen-bond acceptors (Lipinski definition) is 3. The monoisotopic (exact) mass is 351 g/mol. The Hall–Kier alpha value is -1.33. The van der Waals surface area contributed by atoms with Crippen LogP contribution in [-0.2, 0) is 4.74 Å². The van der Waals surface area contributed by atoms with Gasteiger partial charge in [0.25, 0.3) is 0 Å². The molecule has 0 unspecified atom stereocenters. The molecule has 0 spiro atoms. The van der Waals surface area contributed by atoms with Gasteiger partial charge in [-0.2, -0.15) is 0 Å². The molecular weight excluding hydrogens is 330 g/mol. The van der Waals surface area contributed by atoms with Crippen LogP contribution in [0.2, 0.25) is 0 Å². The SMILES string of the molecule is CCOCCCNc1nccn1-c1cc(C)c(Br)c(C)c1. The molecule has 2 aromatic rings. The second-order valence-electron chi connectivity index (χ2n) is 4.99. The van der Waals surface area contributed by atoms with Gasteiger partial charge in [-0.1, -0.05) is 15.9 Å². The molecule has 0 atom stereocenters. The third-order valence-electron chi connectivity index (χ3n) is 3.29. The van der Waals surface area contributed by atoms with E-state index in [1.807, 2.05) is 19.3 Å². The van der Waals surface area contributed by atoms with E-state index in [2.05, 4.69) is 56.8 Å². The van der Waals surface area contributed by atoms with E-state index in [9.17, 15) is 0 Å². The number of benzene rings is 1. The average molecular weight is 352 g/mol. The molecule has 1 N–H and O–H groups in total. The number of rotatable bonds is 7. The second-order valence-corrected chi connectivity index (χ2v) is 5.78. The highest BCUT2D eigenvalue weighted by molar-refractivity contribution is 9.10. The third kappa shape index (κ3) is 4.08. The third-order valence-corrected chi connectivity index (χ3v) is 4.54. The van der Waals surface area contributed by atoms with Crippen molar-refractivity contribution < 1.29 is 4.74 Å². The fourth-order valence-corrected chi connectivity index (χ4v) is 2.45. The summed E-state index contributed by atoms with van der Waals surface area (Å²) in [6, 6.07) is 4.31. The van der Waals surface area contributed by atoms with Crippen LogP contribution in [0.25, 0.3) is 5.69 Å². The van der Waals surface area contributed by atoms with Crippen molar-refractivity contribution in [2.24, 2.45) is 0 Å². The van der Waals surface area contributed by atoms with Crippen molar-refractivity contribution in [1.29, 1.82) is 0 Å². The number of halogens is 1. The van der Waals surface area contributed by atoms with Crippen LogP contribution in [0.1, 0.15) is 24.5 Å². The van der Waals surface area contributed by atoms with Crippen molar-refractivity contribution in [2.75, 3.05) is 25.1 Å². The first-order valence-electron chi connectivity index (χ1n) is 7.25. The molecule has 0 aliphatic carbocycles. The highest BCUT2D eigenvalue weighted by Gasteiger charge is 2.08. The summed E-state index contributed by atoms with van der Waals surface area (Å²) < 4.78 is 8.58. The molecule has 21 heavy (non-hydrogen) atoms. The second kappa shape index (κ2) is 7.61. The first kappa shape index (κ1) is 16.0. The predicted octanol–water partition coefficient (Wildman–Crippen LogP) is 4.09. The topological polar surface area (TPSA) is 39.1 Å². The number of imidazole rings is 1. The Morgan fingerprint density at radius 3 is 2.67 bits per heavy atom.